The molecule has 0 N–H and O–H groups in total. The number of hydrogen-bond acceptors (Lipinski definition) is 7. The molecule has 0 bridgehead atoms. The Labute approximate surface area is 246 Å². The Bertz CT molecular complexity index is 1780. The van der Waals surface area contributed by atoms with Crippen LogP contribution in [-0.2, 0) is 0 Å². The number of fused-ring (bicyclic) bond motifs is 2. The van der Waals surface area contributed by atoms with E-state index in [2.05, 4.69) is 9.55 Å². The Morgan fingerprint density at radius 2 is 1.86 bits per heavy atom. The highest BCUT2D eigenvalue weighted by Crippen LogP contribution is 2.44. The maximum atomic E-state index is 13.7. The summed E-state index contributed by atoms with van der Waals surface area (Å²) in [6.45, 7) is 0.901. The molecule has 1 amide bonds. The molecule has 1 saturated carbocycles. The molecule has 2 aromatic carbocycles. The lowest BCUT2D eigenvalue weighted by molar-refractivity contribution is -0.255. The van der Waals surface area contributed by atoms with Crippen molar-refractivity contribution in [1.82, 2.24) is 14.5 Å². The molecule has 4 heterocycles. The van der Waals surface area contributed by atoms with Gasteiger partial charge >= 0.3 is 0 Å². The van der Waals surface area contributed by atoms with Gasteiger partial charge in [0.15, 0.2) is 5.78 Å². The Morgan fingerprint density at radius 3 is 2.57 bits per heavy atom. The number of carboxylic acid groups (broad SMARTS) is 1. The molecule has 0 unspecified atom stereocenters. The van der Waals surface area contributed by atoms with E-state index in [1.54, 1.807) is 37.6 Å². The van der Waals surface area contributed by atoms with Crippen molar-refractivity contribution >= 4 is 40.2 Å². The third kappa shape index (κ3) is 4.48. The van der Waals surface area contributed by atoms with Gasteiger partial charge < -0.3 is 28.8 Å². The van der Waals surface area contributed by atoms with Crippen LogP contribution < -0.4 is 14.6 Å². The molecule has 2 aliphatic heterocycles. The number of aromatic nitrogens is 2. The minimum absolute atomic E-state index is 0.0351. The summed E-state index contributed by atoms with van der Waals surface area (Å²) in [4.78, 5) is 44.0. The van der Waals surface area contributed by atoms with E-state index in [0.717, 1.165) is 23.7 Å². The number of Topliss-reactive ketones (excluding diaryl/α,β-unsaturated/α-hetero) is 1. The second kappa shape index (κ2) is 9.87. The molecule has 42 heavy (non-hydrogen) atoms. The first kappa shape index (κ1) is 26.5. The van der Waals surface area contributed by atoms with Crippen LogP contribution in [-0.4, -0.2) is 57.9 Å². The number of pyridine rings is 1. The molecule has 0 atom stereocenters. The van der Waals surface area contributed by atoms with Crippen LogP contribution in [0, 0.1) is 0 Å². The third-order valence-electron chi connectivity index (χ3n) is 8.62. The van der Waals surface area contributed by atoms with E-state index < -0.39 is 11.6 Å². The monoisotopic (exact) mass is 584 g/mol. The lowest BCUT2D eigenvalue weighted by Gasteiger charge is -2.44. The molecule has 9 nitrogen and oxygen atoms in total. The summed E-state index contributed by atoms with van der Waals surface area (Å²) in [5.41, 5.74) is 2.41. The number of rotatable bonds is 5. The number of ether oxygens (including phenoxy) is 2. The lowest BCUT2D eigenvalue weighted by atomic mass is 9.82. The highest BCUT2D eigenvalue weighted by Gasteiger charge is 2.44. The fourth-order valence-electron chi connectivity index (χ4n) is 6.20. The summed E-state index contributed by atoms with van der Waals surface area (Å²) in [6, 6.07) is 10.8. The quantitative estimate of drug-likeness (QED) is 0.334. The van der Waals surface area contributed by atoms with Crippen LogP contribution in [0.3, 0.4) is 0 Å². The summed E-state index contributed by atoms with van der Waals surface area (Å²) >= 11 is 6.54. The van der Waals surface area contributed by atoms with Gasteiger partial charge in [-0.1, -0.05) is 17.7 Å². The van der Waals surface area contributed by atoms with Gasteiger partial charge in [0, 0.05) is 67.3 Å². The second-order valence-electron chi connectivity index (χ2n) is 11.3. The summed E-state index contributed by atoms with van der Waals surface area (Å²) < 4.78 is 14.2. The molecule has 1 spiro atoms. The number of carbonyl (C=O) groups excluding carboxylic acids is 3. The number of halogens is 1. The van der Waals surface area contributed by atoms with Crippen molar-refractivity contribution in [1.29, 1.82) is 0 Å². The fraction of sp³-hybridized carbons (Fsp3) is 0.312. The van der Waals surface area contributed by atoms with E-state index in [4.69, 9.17) is 21.1 Å². The van der Waals surface area contributed by atoms with E-state index in [0.29, 0.717) is 70.7 Å². The molecule has 4 aromatic rings. The highest BCUT2D eigenvalue weighted by molar-refractivity contribution is 6.36. The third-order valence-corrected chi connectivity index (χ3v) is 8.90. The molecule has 2 aromatic heterocycles. The van der Waals surface area contributed by atoms with Crippen molar-refractivity contribution < 1.29 is 29.0 Å². The van der Waals surface area contributed by atoms with Gasteiger partial charge in [-0.05, 0) is 48.7 Å². The number of aromatic carboxylic acids is 1. The van der Waals surface area contributed by atoms with Crippen LogP contribution >= 0.6 is 11.6 Å². The number of hydrogen-bond donors (Lipinski definition) is 0. The molecule has 10 heteroatoms. The molecule has 2 fully saturated rings. The maximum absolute atomic E-state index is 13.7. The SMILES string of the molecule is COc1cc(C(=O)N2CCC3(CC2)CC(=O)c2cc(-c4cncc(C(=O)[O-])c4)ccc2O3)cc2c1c(Cl)cn2C1CC1. The van der Waals surface area contributed by atoms with E-state index >= 15 is 0 Å². The Balaban J connectivity index is 1.09. The van der Waals surface area contributed by atoms with Crippen molar-refractivity contribution in [2.45, 2.75) is 43.7 Å². The number of amides is 1. The maximum Gasteiger partial charge on any atom is 0.254 e. The van der Waals surface area contributed by atoms with Crippen molar-refractivity contribution in [3.05, 3.63) is 76.7 Å². The molecule has 1 aliphatic carbocycles. The molecular weight excluding hydrogens is 558 g/mol. The van der Waals surface area contributed by atoms with Gasteiger partial charge in [0.2, 0.25) is 0 Å². The minimum Gasteiger partial charge on any atom is -0.545 e. The van der Waals surface area contributed by atoms with Crippen LogP contribution in [0.25, 0.3) is 22.0 Å². The van der Waals surface area contributed by atoms with E-state index in [-0.39, 0.29) is 23.7 Å². The largest absolute Gasteiger partial charge is 0.545 e. The molecule has 7 rings (SSSR count). The molecule has 3 aliphatic rings. The predicted molar refractivity (Wildman–Crippen MR) is 153 cm³/mol. The molecular formula is C32H27ClN3O6-. The molecule has 1 saturated heterocycles. The number of nitrogens with zero attached hydrogens (tertiary/aromatic N) is 3. The number of piperidine rings is 1. The summed E-state index contributed by atoms with van der Waals surface area (Å²) in [6.07, 6.45) is 8.11. The van der Waals surface area contributed by atoms with E-state index in [1.165, 1.54) is 12.3 Å². The topological polar surface area (TPSA) is 114 Å². The van der Waals surface area contributed by atoms with Gasteiger partial charge in [-0.15, -0.1) is 0 Å². The number of carbonyl (C=O) groups is 3. The van der Waals surface area contributed by atoms with Crippen LogP contribution in [0.15, 0.2) is 55.0 Å². The average Bonchev–Trinajstić information content (AvgIpc) is 3.79. The van der Waals surface area contributed by atoms with Gasteiger partial charge in [0.1, 0.15) is 17.1 Å². The lowest BCUT2D eigenvalue weighted by Crippen LogP contribution is -2.52. The first-order valence-corrected chi connectivity index (χ1v) is 14.3. The van der Waals surface area contributed by atoms with Gasteiger partial charge in [-0.2, -0.15) is 0 Å². The molecule has 214 valence electrons. The van der Waals surface area contributed by atoms with E-state index in [1.807, 2.05) is 17.2 Å². The smallest absolute Gasteiger partial charge is 0.254 e. The zero-order valence-electron chi connectivity index (χ0n) is 22.9. The summed E-state index contributed by atoms with van der Waals surface area (Å²) in [7, 11) is 1.58. The van der Waals surface area contributed by atoms with Crippen molar-refractivity contribution in [2.75, 3.05) is 20.2 Å². The van der Waals surface area contributed by atoms with Crippen molar-refractivity contribution in [2.24, 2.45) is 0 Å². The van der Waals surface area contributed by atoms with Crippen LogP contribution in [0.1, 0.15) is 69.2 Å². The molecule has 0 radical (unpaired) electrons. The van der Waals surface area contributed by atoms with Crippen LogP contribution in [0.2, 0.25) is 5.02 Å². The van der Waals surface area contributed by atoms with Gasteiger partial charge in [-0.3, -0.25) is 14.6 Å². The number of ketones is 1. The summed E-state index contributed by atoms with van der Waals surface area (Å²) in [5, 5.41) is 12.7. The summed E-state index contributed by atoms with van der Waals surface area (Å²) in [5.74, 6) is -0.385. The number of likely N-dealkylation sites (tertiary alicyclic amines) is 1. The Hall–Kier alpha value is -4.37. The number of benzene rings is 2. The zero-order valence-corrected chi connectivity index (χ0v) is 23.6. The number of methoxy groups -OCH3 is 1. The standard InChI is InChI=1S/C32H28ClN3O6/c1-41-28-13-19(12-25-29(28)24(33)17-36(25)22-3-4-22)30(38)35-8-6-32(7-9-35)14-26(37)23-11-18(2-5-27(23)42-32)20-10-21(31(39)40)16-34-15-20/h2,5,10-13,15-17,22H,3-4,6-9,14H2,1H3,(H,39,40)/p-1. The van der Waals surface area contributed by atoms with Gasteiger partial charge in [0.25, 0.3) is 5.91 Å². The number of carboxylic acids is 1. The first-order chi connectivity index (χ1) is 20.2. The van der Waals surface area contributed by atoms with E-state index in [9.17, 15) is 19.5 Å². The fourth-order valence-corrected chi connectivity index (χ4v) is 6.50. The minimum atomic E-state index is -1.31. The predicted octanol–water partition coefficient (Wildman–Crippen LogP) is 4.70. The van der Waals surface area contributed by atoms with Crippen LogP contribution in [0.5, 0.6) is 11.5 Å². The zero-order chi connectivity index (χ0) is 29.2. The first-order valence-electron chi connectivity index (χ1n) is 14.0. The normalized spacial score (nSPS) is 17.7. The van der Waals surface area contributed by atoms with Crippen LogP contribution in [0.4, 0.5) is 0 Å². The second-order valence-corrected chi connectivity index (χ2v) is 11.7. The van der Waals surface area contributed by atoms with Crippen molar-refractivity contribution in [3.63, 3.8) is 0 Å². The van der Waals surface area contributed by atoms with Crippen molar-refractivity contribution in [3.8, 4) is 22.6 Å². The average molecular weight is 585 g/mol. The van der Waals surface area contributed by atoms with Gasteiger partial charge in [0.05, 0.1) is 41.0 Å². The Morgan fingerprint density at radius 1 is 1.07 bits per heavy atom. The Kier molecular flexibility index (Phi) is 6.23. The van der Waals surface area contributed by atoms with Gasteiger partial charge in [-0.25, -0.2) is 0 Å². The highest BCUT2D eigenvalue weighted by atomic mass is 35.5.